The molecule has 0 aliphatic carbocycles. The van der Waals surface area contributed by atoms with E-state index >= 15 is 0 Å². The highest BCUT2D eigenvalue weighted by Gasteiger charge is 2.41. The van der Waals surface area contributed by atoms with Crippen molar-refractivity contribution in [2.24, 2.45) is 5.92 Å². The number of alkyl halides is 3. The fraction of sp³-hybridized carbons (Fsp3) is 0.368. The van der Waals surface area contributed by atoms with Crippen LogP contribution in [0.5, 0.6) is 5.75 Å². The third-order valence-corrected chi connectivity index (χ3v) is 4.96. The molecule has 0 radical (unpaired) electrons. The van der Waals surface area contributed by atoms with E-state index < -0.39 is 12.1 Å². The van der Waals surface area contributed by atoms with Gasteiger partial charge in [-0.15, -0.1) is 0 Å². The van der Waals surface area contributed by atoms with Crippen LogP contribution in [-0.2, 0) is 4.79 Å². The van der Waals surface area contributed by atoms with Crippen molar-refractivity contribution in [2.75, 3.05) is 35.2 Å². The highest BCUT2D eigenvalue weighted by molar-refractivity contribution is 5.95. The third kappa shape index (κ3) is 3.97. The van der Waals surface area contributed by atoms with E-state index in [1.165, 1.54) is 0 Å². The Balaban J connectivity index is 1.38. The molecule has 0 saturated carbocycles. The van der Waals surface area contributed by atoms with Crippen molar-refractivity contribution in [3.05, 3.63) is 36.5 Å². The van der Waals surface area contributed by atoms with E-state index in [0.717, 1.165) is 11.4 Å². The van der Waals surface area contributed by atoms with Gasteiger partial charge < -0.3 is 20.3 Å². The Bertz CT molecular complexity index is 862. The standard InChI is InChI=1S/C19H19F3N4O2/c20-19(21,22)12-5-7-26(8-6-12)14-2-4-17(23-10-14)24-13-1-3-15-16(9-13)28-11-18(27)25-15/h1-4,9-10,12H,5-8,11H2,(H,23,24)(H,25,27). The summed E-state index contributed by atoms with van der Waals surface area (Å²) >= 11 is 0. The summed E-state index contributed by atoms with van der Waals surface area (Å²) in [6, 6.07) is 8.94. The average Bonchev–Trinajstić information content (AvgIpc) is 2.68. The van der Waals surface area contributed by atoms with Crippen molar-refractivity contribution in [1.82, 2.24) is 4.98 Å². The highest BCUT2D eigenvalue weighted by Crippen LogP contribution is 2.35. The Morgan fingerprint density at radius 1 is 1.18 bits per heavy atom. The van der Waals surface area contributed by atoms with Crippen LogP contribution in [0.3, 0.4) is 0 Å². The van der Waals surface area contributed by atoms with E-state index in [9.17, 15) is 18.0 Å². The molecule has 0 bridgehead atoms. The van der Waals surface area contributed by atoms with Gasteiger partial charge >= 0.3 is 6.18 Å². The molecule has 148 valence electrons. The molecule has 0 atom stereocenters. The Morgan fingerprint density at radius 3 is 2.64 bits per heavy atom. The van der Waals surface area contributed by atoms with E-state index in [1.54, 1.807) is 30.5 Å². The number of rotatable bonds is 3. The monoisotopic (exact) mass is 392 g/mol. The van der Waals surface area contributed by atoms with Gasteiger partial charge in [0.05, 0.1) is 23.5 Å². The Morgan fingerprint density at radius 2 is 1.96 bits per heavy atom. The molecule has 28 heavy (non-hydrogen) atoms. The number of aromatic nitrogens is 1. The van der Waals surface area contributed by atoms with E-state index in [4.69, 9.17) is 4.74 Å². The largest absolute Gasteiger partial charge is 0.482 e. The summed E-state index contributed by atoms with van der Waals surface area (Å²) in [6.07, 6.45) is -2.24. The van der Waals surface area contributed by atoms with Gasteiger partial charge in [0.2, 0.25) is 0 Å². The lowest BCUT2D eigenvalue weighted by Crippen LogP contribution is -2.39. The summed E-state index contributed by atoms with van der Waals surface area (Å²) in [5.74, 6) is -0.221. The van der Waals surface area contributed by atoms with Crippen LogP contribution in [-0.4, -0.2) is 36.8 Å². The van der Waals surface area contributed by atoms with Gasteiger partial charge in [-0.2, -0.15) is 13.2 Å². The van der Waals surface area contributed by atoms with E-state index in [0.29, 0.717) is 30.3 Å². The van der Waals surface area contributed by atoms with Crippen molar-refractivity contribution in [3.63, 3.8) is 0 Å². The normalized spacial score (nSPS) is 17.5. The molecule has 1 amide bonds. The summed E-state index contributed by atoms with van der Waals surface area (Å²) in [6.45, 7) is 0.716. The van der Waals surface area contributed by atoms with Crippen LogP contribution in [0.15, 0.2) is 36.5 Å². The fourth-order valence-corrected chi connectivity index (χ4v) is 3.41. The molecule has 0 spiro atoms. The van der Waals surface area contributed by atoms with Crippen molar-refractivity contribution < 1.29 is 22.7 Å². The van der Waals surface area contributed by atoms with E-state index in [2.05, 4.69) is 15.6 Å². The molecule has 6 nitrogen and oxygen atoms in total. The Labute approximate surface area is 159 Å². The predicted molar refractivity (Wildman–Crippen MR) is 99.1 cm³/mol. The number of pyridine rings is 1. The summed E-state index contributed by atoms with van der Waals surface area (Å²) in [4.78, 5) is 17.6. The quantitative estimate of drug-likeness (QED) is 0.829. The molecule has 1 fully saturated rings. The molecule has 0 unspecified atom stereocenters. The van der Waals surface area contributed by atoms with Crippen LogP contribution < -0.4 is 20.3 Å². The molecule has 2 aliphatic rings. The van der Waals surface area contributed by atoms with Crippen molar-refractivity contribution in [2.45, 2.75) is 19.0 Å². The number of benzene rings is 1. The summed E-state index contributed by atoms with van der Waals surface area (Å²) in [7, 11) is 0. The topological polar surface area (TPSA) is 66.5 Å². The minimum atomic E-state index is -4.11. The minimum Gasteiger partial charge on any atom is -0.482 e. The third-order valence-electron chi connectivity index (χ3n) is 4.96. The van der Waals surface area contributed by atoms with Gasteiger partial charge in [-0.1, -0.05) is 0 Å². The number of nitrogens with zero attached hydrogens (tertiary/aromatic N) is 2. The van der Waals surface area contributed by atoms with Crippen LogP contribution in [0.25, 0.3) is 0 Å². The molecular formula is C19H19F3N4O2. The van der Waals surface area contributed by atoms with Crippen LogP contribution in [0.2, 0.25) is 0 Å². The number of hydrogen-bond donors (Lipinski definition) is 2. The van der Waals surface area contributed by atoms with Gasteiger partial charge in [0.25, 0.3) is 5.91 Å². The lowest BCUT2D eigenvalue weighted by Gasteiger charge is -2.34. The average molecular weight is 392 g/mol. The van der Waals surface area contributed by atoms with Gasteiger partial charge in [-0.25, -0.2) is 4.98 Å². The lowest BCUT2D eigenvalue weighted by atomic mass is 9.96. The van der Waals surface area contributed by atoms with E-state index in [-0.39, 0.29) is 25.4 Å². The number of hydrogen-bond acceptors (Lipinski definition) is 5. The zero-order chi connectivity index (χ0) is 19.7. The van der Waals surface area contributed by atoms with E-state index in [1.807, 2.05) is 11.0 Å². The zero-order valence-electron chi connectivity index (χ0n) is 14.9. The molecule has 1 aromatic heterocycles. The first-order chi connectivity index (χ1) is 13.4. The second-order valence-electron chi connectivity index (χ2n) is 6.88. The molecule has 2 N–H and O–H groups in total. The number of fused-ring (bicyclic) bond motifs is 1. The predicted octanol–water partition coefficient (Wildman–Crippen LogP) is 3.93. The van der Waals surface area contributed by atoms with Crippen molar-refractivity contribution in [3.8, 4) is 5.75 Å². The number of carbonyl (C=O) groups is 1. The number of carbonyl (C=O) groups excluding carboxylic acids is 1. The number of anilines is 4. The lowest BCUT2D eigenvalue weighted by molar-refractivity contribution is -0.179. The van der Waals surface area contributed by atoms with Crippen LogP contribution in [0, 0.1) is 5.92 Å². The first-order valence-electron chi connectivity index (χ1n) is 9.00. The van der Waals surface area contributed by atoms with Gasteiger partial charge in [0, 0.05) is 24.8 Å². The SMILES string of the molecule is O=C1COc2cc(Nc3ccc(N4CCC(C(F)(F)F)CC4)cn3)ccc2N1. The van der Waals surface area contributed by atoms with Gasteiger partial charge in [-0.05, 0) is 37.1 Å². The molecule has 4 rings (SSSR count). The summed E-state index contributed by atoms with van der Waals surface area (Å²) in [5, 5.41) is 5.88. The van der Waals surface area contributed by atoms with Gasteiger partial charge in [-0.3, -0.25) is 4.79 Å². The molecular weight excluding hydrogens is 373 g/mol. The maximum atomic E-state index is 12.8. The first kappa shape index (κ1) is 18.4. The molecule has 2 aromatic rings. The zero-order valence-corrected chi connectivity index (χ0v) is 14.9. The first-order valence-corrected chi connectivity index (χ1v) is 9.00. The van der Waals surface area contributed by atoms with Crippen molar-refractivity contribution >= 4 is 28.8 Å². The van der Waals surface area contributed by atoms with Gasteiger partial charge in [0.1, 0.15) is 11.6 Å². The Kier molecular flexibility index (Phi) is 4.74. The van der Waals surface area contributed by atoms with Gasteiger partial charge in [0.15, 0.2) is 6.61 Å². The molecule has 1 saturated heterocycles. The number of amides is 1. The number of ether oxygens (including phenoxy) is 1. The molecule has 9 heteroatoms. The second kappa shape index (κ2) is 7.21. The number of halogens is 3. The summed E-state index contributed by atoms with van der Waals surface area (Å²) < 4.78 is 43.7. The number of piperidine rings is 1. The Hall–Kier alpha value is -2.97. The van der Waals surface area contributed by atoms with Crippen molar-refractivity contribution in [1.29, 1.82) is 0 Å². The van der Waals surface area contributed by atoms with Crippen LogP contribution >= 0.6 is 0 Å². The molecule has 1 aromatic carbocycles. The fourth-order valence-electron chi connectivity index (χ4n) is 3.41. The smallest absolute Gasteiger partial charge is 0.391 e. The highest BCUT2D eigenvalue weighted by atomic mass is 19.4. The minimum absolute atomic E-state index is 0.0194. The van der Waals surface area contributed by atoms with Crippen LogP contribution in [0.4, 0.5) is 36.1 Å². The maximum absolute atomic E-state index is 12.8. The van der Waals surface area contributed by atoms with Crippen LogP contribution in [0.1, 0.15) is 12.8 Å². The maximum Gasteiger partial charge on any atom is 0.391 e. The second-order valence-corrected chi connectivity index (χ2v) is 6.88. The summed E-state index contributed by atoms with van der Waals surface area (Å²) in [5.41, 5.74) is 2.18. The number of nitrogens with one attached hydrogen (secondary N) is 2. The molecule has 2 aliphatic heterocycles. The molecule has 3 heterocycles.